The monoisotopic (exact) mass is 355 g/mol. The zero-order valence-corrected chi connectivity index (χ0v) is 13.8. The smallest absolute Gasteiger partial charge is 0.410 e. The minimum Gasteiger partial charge on any atom is -0.410 e. The number of hydrogen-bond donors (Lipinski definition) is 1. The molecule has 1 amide bonds. The molecular weight excluding hydrogens is 335 g/mol. The number of amides is 1. The van der Waals surface area contributed by atoms with Crippen molar-refractivity contribution < 1.29 is 22.7 Å². The van der Waals surface area contributed by atoms with Gasteiger partial charge in [-0.15, -0.1) is 0 Å². The van der Waals surface area contributed by atoms with Crippen molar-refractivity contribution >= 4 is 6.09 Å². The number of ether oxygens (including phenoxy) is 1. The van der Waals surface area contributed by atoms with Crippen LogP contribution in [0.25, 0.3) is 0 Å². The fraction of sp³-hybridized carbons (Fsp3) is 0.412. The van der Waals surface area contributed by atoms with Gasteiger partial charge in [0.15, 0.2) is 5.69 Å². The molecule has 0 aliphatic heterocycles. The van der Waals surface area contributed by atoms with Gasteiger partial charge in [-0.2, -0.15) is 18.3 Å². The SMILES string of the molecule is CCCCCn1nc(C(F)(F)F)cc1CNC(=O)Oc1ccccc1. The number of aromatic nitrogens is 2. The van der Waals surface area contributed by atoms with Gasteiger partial charge in [0.1, 0.15) is 5.75 Å². The highest BCUT2D eigenvalue weighted by molar-refractivity contribution is 5.70. The first kappa shape index (κ1) is 18.8. The minimum atomic E-state index is -4.52. The van der Waals surface area contributed by atoms with Crippen LogP contribution < -0.4 is 10.1 Å². The summed E-state index contributed by atoms with van der Waals surface area (Å²) in [6, 6.07) is 9.36. The number of rotatable bonds is 7. The van der Waals surface area contributed by atoms with Crippen molar-refractivity contribution in [3.63, 3.8) is 0 Å². The second-order valence-corrected chi connectivity index (χ2v) is 5.51. The molecule has 2 rings (SSSR count). The number of nitrogens with zero attached hydrogens (tertiary/aromatic N) is 2. The highest BCUT2D eigenvalue weighted by Gasteiger charge is 2.34. The number of aryl methyl sites for hydroxylation is 1. The van der Waals surface area contributed by atoms with Crippen molar-refractivity contribution in [1.82, 2.24) is 15.1 Å². The predicted octanol–water partition coefficient (Wildman–Crippen LogP) is 4.38. The Morgan fingerprint density at radius 1 is 1.24 bits per heavy atom. The largest absolute Gasteiger partial charge is 0.435 e. The third-order valence-electron chi connectivity index (χ3n) is 3.49. The number of unbranched alkanes of at least 4 members (excludes halogenated alkanes) is 2. The third kappa shape index (κ3) is 5.81. The number of para-hydroxylation sites is 1. The lowest BCUT2D eigenvalue weighted by atomic mass is 10.2. The number of alkyl halides is 3. The van der Waals surface area contributed by atoms with Crippen molar-refractivity contribution in [2.24, 2.45) is 0 Å². The fourth-order valence-electron chi connectivity index (χ4n) is 2.24. The maximum atomic E-state index is 12.9. The molecule has 0 saturated carbocycles. The number of carbonyl (C=O) groups is 1. The average Bonchev–Trinajstić information content (AvgIpc) is 2.98. The Hall–Kier alpha value is -2.51. The van der Waals surface area contributed by atoms with Crippen molar-refractivity contribution in [2.75, 3.05) is 0 Å². The van der Waals surface area contributed by atoms with Gasteiger partial charge in [-0.25, -0.2) is 4.79 Å². The molecule has 8 heteroatoms. The van der Waals surface area contributed by atoms with Gasteiger partial charge < -0.3 is 10.1 Å². The fourth-order valence-corrected chi connectivity index (χ4v) is 2.24. The van der Waals surface area contributed by atoms with E-state index < -0.39 is 18.0 Å². The molecule has 0 radical (unpaired) electrons. The molecule has 1 aromatic heterocycles. The van der Waals surface area contributed by atoms with E-state index in [0.29, 0.717) is 12.3 Å². The lowest BCUT2D eigenvalue weighted by Gasteiger charge is -2.09. The van der Waals surface area contributed by atoms with E-state index in [1.54, 1.807) is 30.3 Å². The lowest BCUT2D eigenvalue weighted by molar-refractivity contribution is -0.141. The van der Waals surface area contributed by atoms with Crippen molar-refractivity contribution in [1.29, 1.82) is 0 Å². The summed E-state index contributed by atoms with van der Waals surface area (Å²) in [5, 5.41) is 6.07. The van der Waals surface area contributed by atoms with Crippen LogP contribution in [0.3, 0.4) is 0 Å². The van der Waals surface area contributed by atoms with Crippen LogP contribution in [0.2, 0.25) is 0 Å². The van der Waals surface area contributed by atoms with Crippen LogP contribution in [-0.4, -0.2) is 15.9 Å². The predicted molar refractivity (Wildman–Crippen MR) is 86.1 cm³/mol. The van der Waals surface area contributed by atoms with Gasteiger partial charge in [0, 0.05) is 6.54 Å². The summed E-state index contributed by atoms with van der Waals surface area (Å²) in [7, 11) is 0. The van der Waals surface area contributed by atoms with Gasteiger partial charge in [0.25, 0.3) is 0 Å². The number of carbonyl (C=O) groups excluding carboxylic acids is 1. The van der Waals surface area contributed by atoms with Gasteiger partial charge in [-0.05, 0) is 24.6 Å². The number of benzene rings is 1. The quantitative estimate of drug-likeness (QED) is 0.750. The van der Waals surface area contributed by atoms with E-state index in [-0.39, 0.29) is 12.2 Å². The average molecular weight is 355 g/mol. The lowest BCUT2D eigenvalue weighted by Crippen LogP contribution is -2.27. The first-order chi connectivity index (χ1) is 11.9. The molecule has 1 heterocycles. The van der Waals surface area contributed by atoms with Gasteiger partial charge in [0.2, 0.25) is 0 Å². The van der Waals surface area contributed by atoms with Crippen LogP contribution in [0.5, 0.6) is 5.75 Å². The molecule has 25 heavy (non-hydrogen) atoms. The molecule has 0 aliphatic carbocycles. The molecule has 0 aliphatic rings. The zero-order valence-electron chi connectivity index (χ0n) is 13.8. The molecule has 0 atom stereocenters. The molecule has 2 aromatic rings. The van der Waals surface area contributed by atoms with Crippen LogP contribution in [0, 0.1) is 0 Å². The second kappa shape index (κ2) is 8.55. The first-order valence-electron chi connectivity index (χ1n) is 8.05. The molecule has 0 fully saturated rings. The second-order valence-electron chi connectivity index (χ2n) is 5.51. The Balaban J connectivity index is 2.01. The van der Waals surface area contributed by atoms with Gasteiger partial charge in [0.05, 0.1) is 12.2 Å². The molecule has 0 bridgehead atoms. The number of hydrogen-bond acceptors (Lipinski definition) is 3. The minimum absolute atomic E-state index is 0.0964. The van der Waals surface area contributed by atoms with E-state index in [4.69, 9.17) is 4.74 Å². The van der Waals surface area contributed by atoms with Gasteiger partial charge >= 0.3 is 12.3 Å². The third-order valence-corrected chi connectivity index (χ3v) is 3.49. The molecule has 1 N–H and O–H groups in total. The van der Waals surface area contributed by atoms with Crippen LogP contribution in [0.4, 0.5) is 18.0 Å². The van der Waals surface area contributed by atoms with E-state index in [1.807, 2.05) is 6.92 Å². The van der Waals surface area contributed by atoms with Crippen molar-refractivity contribution in [2.45, 2.75) is 45.5 Å². The van der Waals surface area contributed by atoms with E-state index in [0.717, 1.165) is 25.3 Å². The van der Waals surface area contributed by atoms with Crippen LogP contribution in [-0.2, 0) is 19.3 Å². The van der Waals surface area contributed by atoms with Crippen molar-refractivity contribution in [3.8, 4) is 5.75 Å². The standard InChI is InChI=1S/C17H20F3N3O2/c1-2-3-7-10-23-13(11-15(22-23)17(18,19)20)12-21-16(24)25-14-8-5-4-6-9-14/h4-6,8-9,11H,2-3,7,10,12H2,1H3,(H,21,24). The Morgan fingerprint density at radius 2 is 1.96 bits per heavy atom. The summed E-state index contributed by atoms with van der Waals surface area (Å²) in [6.45, 7) is 2.28. The molecule has 5 nitrogen and oxygen atoms in total. The van der Waals surface area contributed by atoms with Crippen LogP contribution in [0.15, 0.2) is 36.4 Å². The highest BCUT2D eigenvalue weighted by atomic mass is 19.4. The Bertz CT molecular complexity index is 684. The van der Waals surface area contributed by atoms with Crippen LogP contribution in [0.1, 0.15) is 37.6 Å². The van der Waals surface area contributed by atoms with E-state index in [2.05, 4.69) is 10.4 Å². The highest BCUT2D eigenvalue weighted by Crippen LogP contribution is 2.28. The number of halogens is 3. The Morgan fingerprint density at radius 3 is 2.60 bits per heavy atom. The number of nitrogens with one attached hydrogen (secondary N) is 1. The zero-order chi connectivity index (χ0) is 18.3. The summed E-state index contributed by atoms with van der Waals surface area (Å²) in [5.74, 6) is 0.354. The summed E-state index contributed by atoms with van der Waals surface area (Å²) >= 11 is 0. The van der Waals surface area contributed by atoms with Gasteiger partial charge in [-0.3, -0.25) is 4.68 Å². The molecular formula is C17H20F3N3O2. The normalized spacial score (nSPS) is 11.4. The summed E-state index contributed by atoms with van der Waals surface area (Å²) in [6.07, 6.45) is -2.69. The van der Waals surface area contributed by atoms with Gasteiger partial charge in [-0.1, -0.05) is 38.0 Å². The van der Waals surface area contributed by atoms with E-state index in [1.165, 1.54) is 4.68 Å². The summed E-state index contributed by atoms with van der Waals surface area (Å²) in [5.41, 5.74) is -0.675. The van der Waals surface area contributed by atoms with Crippen LogP contribution >= 0.6 is 0 Å². The Labute approximate surface area is 143 Å². The maximum Gasteiger partial charge on any atom is 0.435 e. The molecule has 136 valence electrons. The maximum absolute atomic E-state index is 12.9. The molecule has 0 unspecified atom stereocenters. The summed E-state index contributed by atoms with van der Waals surface area (Å²) in [4.78, 5) is 11.8. The molecule has 1 aromatic carbocycles. The van der Waals surface area contributed by atoms with Crippen molar-refractivity contribution in [3.05, 3.63) is 47.8 Å². The first-order valence-corrected chi connectivity index (χ1v) is 8.05. The summed E-state index contributed by atoms with van der Waals surface area (Å²) < 4.78 is 44.9. The molecule has 0 spiro atoms. The Kier molecular flexibility index (Phi) is 6.44. The topological polar surface area (TPSA) is 56.2 Å². The van der Waals surface area contributed by atoms with E-state index >= 15 is 0 Å². The molecule has 0 saturated heterocycles. The van der Waals surface area contributed by atoms with E-state index in [9.17, 15) is 18.0 Å².